The number of rotatable bonds is 8. The van der Waals surface area contributed by atoms with Crippen LogP contribution < -0.4 is 59.5 Å². The Bertz CT molecular complexity index is 4290. The summed E-state index contributed by atoms with van der Waals surface area (Å²) < 4.78 is 0. The highest BCUT2D eigenvalue weighted by Gasteiger charge is 2.63. The van der Waals surface area contributed by atoms with Gasteiger partial charge in [-0.2, -0.15) is 0 Å². The Morgan fingerprint density at radius 3 is 1.36 bits per heavy atom. The number of hydrogen-bond acceptors (Lipinski definition) is 1. The maximum atomic E-state index is 2.80. The van der Waals surface area contributed by atoms with Gasteiger partial charge in [0.05, 0.1) is 0 Å². The minimum Gasteiger partial charge on any atom is -0.310 e. The van der Waals surface area contributed by atoms with Crippen molar-refractivity contribution in [2.45, 2.75) is 56.8 Å². The second-order valence-electron chi connectivity index (χ2n) is 27.1. The fraction of sp³-hybridized carbons (Fsp3) is 0.178. The topological polar surface area (TPSA) is 3.24 Å². The predicted octanol–water partition coefficient (Wildman–Crippen LogP) is 2.10. The first kappa shape index (κ1) is 53.4. The van der Waals surface area contributed by atoms with Crippen LogP contribution in [0.5, 0.6) is 0 Å². The summed E-state index contributed by atoms with van der Waals surface area (Å²) in [4.78, 5) is 2.41. The lowest BCUT2D eigenvalue weighted by molar-refractivity contribution is -0.0396. The zero-order chi connectivity index (χ0) is 57.8. The second-order valence-corrected chi connectivity index (χ2v) is 27.1. The van der Waals surface area contributed by atoms with Crippen molar-refractivity contribution in [2.75, 3.05) is 4.90 Å². The number of fused-ring (bicyclic) bond motifs is 6. The van der Waals surface area contributed by atoms with E-state index in [-0.39, 0.29) is 10.8 Å². The molecule has 4 fully saturated rings. The summed E-state index contributed by atoms with van der Waals surface area (Å²) in [5, 5.41) is 0. The standard InChI is InChI=1S/C73H69B10N/c1-72(2)54-34-41(21-23-50(54)51-24-22-48(36-55(51)72)84(46-17-8-4-9-18-46)47-19-10-5-11-20-47)49-25-26-52-59-53(60-64(76)68(80)71(83)69(81)65(60)77)33-43(58-62(74)66(78)70(82)67(79)63(58)75)35-56(59)73(44-28-37-27-38(30-44)31-45(73)29-37)61(52)57(49)42-16-12-15-40(32-42)39-13-6-3-7-14-39/h3-26,32-38,44-45H,27-31,74-83H2,1-2H3. The summed E-state index contributed by atoms with van der Waals surface area (Å²) in [5.41, 5.74) is 42.5. The van der Waals surface area contributed by atoms with Gasteiger partial charge < -0.3 is 4.90 Å². The van der Waals surface area contributed by atoms with E-state index in [4.69, 9.17) is 0 Å². The lowest BCUT2D eigenvalue weighted by Crippen LogP contribution is -2.56. The number of hydrogen-bond donors (Lipinski definition) is 0. The zero-order valence-corrected chi connectivity index (χ0v) is 51.5. The highest BCUT2D eigenvalue weighted by atomic mass is 15.1. The normalized spacial score (nSPS) is 19.9. The molecule has 4 saturated carbocycles. The molecule has 0 aromatic heterocycles. The van der Waals surface area contributed by atoms with E-state index in [1.807, 2.05) is 0 Å². The van der Waals surface area contributed by atoms with Crippen LogP contribution in [0.25, 0.3) is 77.9 Å². The first-order chi connectivity index (χ1) is 40.6. The van der Waals surface area contributed by atoms with Crippen molar-refractivity contribution in [3.8, 4) is 77.9 Å². The molecule has 0 heterocycles. The number of anilines is 3. The van der Waals surface area contributed by atoms with Gasteiger partial charge in [-0.05, 0) is 217 Å². The van der Waals surface area contributed by atoms with Crippen molar-refractivity contribution in [3.63, 3.8) is 0 Å². The summed E-state index contributed by atoms with van der Waals surface area (Å²) in [5.74, 6) is 2.69. The fourth-order valence-corrected chi connectivity index (χ4v) is 18.2. The van der Waals surface area contributed by atoms with Crippen molar-refractivity contribution >= 4 is 150 Å². The third-order valence-electron chi connectivity index (χ3n) is 23.0. The van der Waals surface area contributed by atoms with Crippen LogP contribution in [0, 0.1) is 23.7 Å². The third kappa shape index (κ3) is 7.68. The molecule has 4 bridgehead atoms. The number of para-hydroxylation sites is 2. The molecule has 0 aliphatic heterocycles. The van der Waals surface area contributed by atoms with E-state index < -0.39 is 0 Å². The molecule has 0 radical (unpaired) electrons. The van der Waals surface area contributed by atoms with Gasteiger partial charge >= 0.3 is 0 Å². The summed E-state index contributed by atoms with van der Waals surface area (Å²) >= 11 is 0. The van der Waals surface area contributed by atoms with E-state index in [0.29, 0.717) is 11.8 Å². The number of nitrogens with zero attached hydrogens (tertiary/aromatic N) is 1. The average Bonchev–Trinajstić information content (AvgIpc) is 1.47. The van der Waals surface area contributed by atoms with Gasteiger partial charge in [0.15, 0.2) is 0 Å². The molecule has 1 spiro atoms. The Morgan fingerprint density at radius 1 is 0.310 bits per heavy atom. The molecule has 84 heavy (non-hydrogen) atoms. The Hall–Kier alpha value is -7.35. The van der Waals surface area contributed by atoms with Gasteiger partial charge in [0.2, 0.25) is 0 Å². The lowest BCUT2D eigenvalue weighted by atomic mass is 9.42. The minimum absolute atomic E-state index is 0.170. The highest BCUT2D eigenvalue weighted by molar-refractivity contribution is 6.70. The van der Waals surface area contributed by atoms with Gasteiger partial charge in [-0.15, -0.1) is 32.8 Å². The molecule has 0 amide bonds. The van der Waals surface area contributed by atoms with Gasteiger partial charge in [-0.1, -0.05) is 151 Å². The molecular weight excluding hydrogens is 999 g/mol. The van der Waals surface area contributed by atoms with Crippen LogP contribution in [0.15, 0.2) is 176 Å². The molecule has 10 aromatic rings. The Balaban J connectivity index is 1.01. The predicted molar refractivity (Wildman–Crippen MR) is 391 cm³/mol. The molecular formula is C73H69B10N. The van der Waals surface area contributed by atoms with E-state index in [9.17, 15) is 0 Å². The van der Waals surface area contributed by atoms with E-state index in [1.165, 1.54) is 181 Å². The summed E-state index contributed by atoms with van der Waals surface area (Å²) in [6, 6.07) is 68.0. The summed E-state index contributed by atoms with van der Waals surface area (Å²) in [6.07, 6.45) is 6.63. The van der Waals surface area contributed by atoms with Crippen LogP contribution in [0.3, 0.4) is 0 Å². The molecule has 1 nitrogen and oxygen atoms in total. The van der Waals surface area contributed by atoms with Crippen LogP contribution in [0.2, 0.25) is 0 Å². The first-order valence-corrected chi connectivity index (χ1v) is 31.4. The number of benzene rings is 10. The Labute approximate surface area is 508 Å². The van der Waals surface area contributed by atoms with Crippen molar-refractivity contribution < 1.29 is 0 Å². The van der Waals surface area contributed by atoms with Gasteiger partial charge in [0.25, 0.3) is 0 Å². The molecule has 6 aliphatic carbocycles. The SMILES string of the molecule is Bc1c(B)c(B)c(-c2cc(-c3c(B)c(B)c(B)c(B)c3B)c3c(c2)C2(c4c-3ccc(-c3ccc5c(c3)C(C)(C)c3cc(N(c6ccccc6)c6ccccc6)ccc3-5)c4-c3cccc(-c4ccccc4)c3)C3CC4CC(C3)CC2C4)c(B)c1B. The summed E-state index contributed by atoms with van der Waals surface area (Å²) in [7, 11) is 23.8. The van der Waals surface area contributed by atoms with Gasteiger partial charge in [0, 0.05) is 27.9 Å². The maximum absolute atomic E-state index is 2.80. The molecule has 16 rings (SSSR count). The molecule has 11 heteroatoms. The lowest BCUT2D eigenvalue weighted by Gasteiger charge is -2.61. The van der Waals surface area contributed by atoms with Crippen molar-refractivity contribution in [1.82, 2.24) is 0 Å². The first-order valence-electron chi connectivity index (χ1n) is 31.4. The van der Waals surface area contributed by atoms with Crippen LogP contribution in [-0.4, -0.2) is 78.5 Å². The average molecular weight is 1070 g/mol. The molecule has 10 aromatic carbocycles. The summed E-state index contributed by atoms with van der Waals surface area (Å²) in [6.45, 7) is 4.93. The zero-order valence-electron chi connectivity index (χ0n) is 51.5. The molecule has 0 N–H and O–H groups in total. The van der Waals surface area contributed by atoms with Crippen molar-refractivity contribution in [1.29, 1.82) is 0 Å². The second kappa shape index (κ2) is 19.6. The van der Waals surface area contributed by atoms with Crippen LogP contribution in [0.1, 0.15) is 68.2 Å². The van der Waals surface area contributed by atoms with Crippen LogP contribution in [0.4, 0.5) is 17.1 Å². The largest absolute Gasteiger partial charge is 0.310 e. The third-order valence-corrected chi connectivity index (χ3v) is 23.0. The van der Waals surface area contributed by atoms with E-state index in [1.54, 1.807) is 11.1 Å². The van der Waals surface area contributed by atoms with Crippen LogP contribution in [-0.2, 0) is 10.8 Å². The van der Waals surface area contributed by atoms with Crippen molar-refractivity contribution in [3.05, 3.63) is 198 Å². The van der Waals surface area contributed by atoms with Crippen molar-refractivity contribution in [2.24, 2.45) is 23.7 Å². The smallest absolute Gasteiger partial charge is 0.139 e. The highest BCUT2D eigenvalue weighted by Crippen LogP contribution is 2.72. The molecule has 0 atom stereocenters. The van der Waals surface area contributed by atoms with Gasteiger partial charge in [-0.3, -0.25) is 0 Å². The van der Waals surface area contributed by atoms with Crippen LogP contribution >= 0.6 is 0 Å². The molecule has 0 saturated heterocycles. The van der Waals surface area contributed by atoms with Gasteiger partial charge in [0.1, 0.15) is 78.5 Å². The van der Waals surface area contributed by atoms with E-state index >= 15 is 0 Å². The molecule has 396 valence electrons. The van der Waals surface area contributed by atoms with E-state index in [0.717, 1.165) is 23.2 Å². The monoisotopic (exact) mass is 1070 g/mol. The van der Waals surface area contributed by atoms with E-state index in [2.05, 4.69) is 273 Å². The Morgan fingerprint density at radius 2 is 0.774 bits per heavy atom. The quantitative estimate of drug-likeness (QED) is 0.211. The maximum Gasteiger partial charge on any atom is 0.139 e. The minimum atomic E-state index is -0.257. The molecule has 6 aliphatic rings. The Kier molecular flexibility index (Phi) is 12.5. The van der Waals surface area contributed by atoms with Gasteiger partial charge in [-0.25, -0.2) is 0 Å². The molecule has 0 unspecified atom stereocenters. The fourth-order valence-electron chi connectivity index (χ4n) is 18.2.